The van der Waals surface area contributed by atoms with Crippen LogP contribution >= 0.6 is 0 Å². The second kappa shape index (κ2) is 13.0. The summed E-state index contributed by atoms with van der Waals surface area (Å²) in [5.74, 6) is -2.65. The number of ether oxygens (including phenoxy) is 5. The Bertz CT molecular complexity index is 927. The van der Waals surface area contributed by atoms with E-state index in [-0.39, 0.29) is 12.0 Å². The summed E-state index contributed by atoms with van der Waals surface area (Å²) >= 11 is 0. The zero-order valence-corrected chi connectivity index (χ0v) is 18.6. The van der Waals surface area contributed by atoms with E-state index in [1.54, 1.807) is 60.7 Å². The van der Waals surface area contributed by atoms with Crippen LogP contribution in [0.2, 0.25) is 0 Å². The largest absolute Gasteiger partial charge is 0.458 e. The van der Waals surface area contributed by atoms with Gasteiger partial charge in [-0.2, -0.15) is 0 Å². The highest BCUT2D eigenvalue weighted by Gasteiger charge is 2.33. The van der Waals surface area contributed by atoms with Gasteiger partial charge in [-0.1, -0.05) is 36.4 Å². The highest BCUT2D eigenvalue weighted by atomic mass is 16.7. The molecule has 0 aliphatic carbocycles. The second-order valence-electron chi connectivity index (χ2n) is 6.93. The van der Waals surface area contributed by atoms with Crippen molar-refractivity contribution in [2.24, 2.45) is 0 Å². The Morgan fingerprint density at radius 1 is 0.697 bits per heavy atom. The molecular formula is C24H26O9. The molecule has 0 bridgehead atoms. The summed E-state index contributed by atoms with van der Waals surface area (Å²) in [6, 6.07) is 16.4. The fourth-order valence-corrected chi connectivity index (χ4v) is 2.87. The Kier molecular flexibility index (Phi) is 10.0. The van der Waals surface area contributed by atoms with Gasteiger partial charge in [0, 0.05) is 21.0 Å². The quantitative estimate of drug-likeness (QED) is 0.285. The summed E-state index contributed by atoms with van der Waals surface area (Å²) in [5, 5.41) is 0. The van der Waals surface area contributed by atoms with E-state index in [1.165, 1.54) is 21.0 Å². The van der Waals surface area contributed by atoms with Crippen molar-refractivity contribution in [3.63, 3.8) is 0 Å². The number of rotatable bonds is 11. The van der Waals surface area contributed by atoms with Crippen LogP contribution in [0.25, 0.3) is 0 Å². The zero-order valence-electron chi connectivity index (χ0n) is 18.6. The number of esters is 4. The monoisotopic (exact) mass is 458 g/mol. The molecule has 2 aromatic rings. The van der Waals surface area contributed by atoms with Crippen molar-refractivity contribution in [1.29, 1.82) is 0 Å². The molecule has 0 N–H and O–H groups in total. The van der Waals surface area contributed by atoms with E-state index in [9.17, 15) is 19.2 Å². The summed E-state index contributed by atoms with van der Waals surface area (Å²) in [7, 11) is 1.31. The maximum Gasteiger partial charge on any atom is 0.338 e. The molecule has 2 aromatic carbocycles. The standard InChI is InChI=1S/C24H26O9/c1-16(25)31-21(15-30-23(27)18-10-6-4-7-11-18)20(14-22(29-3)32-17(2)26)33-24(28)19-12-8-5-9-13-19/h4-13,20-22H,14-15H2,1-3H3/t20-,21+,22?/m1/s1. The molecule has 0 amide bonds. The van der Waals surface area contributed by atoms with Gasteiger partial charge in [0.25, 0.3) is 0 Å². The van der Waals surface area contributed by atoms with Crippen LogP contribution in [0, 0.1) is 0 Å². The number of hydrogen-bond acceptors (Lipinski definition) is 9. The van der Waals surface area contributed by atoms with Crippen molar-refractivity contribution in [2.45, 2.75) is 38.8 Å². The maximum atomic E-state index is 12.7. The third kappa shape index (κ3) is 8.74. The van der Waals surface area contributed by atoms with E-state index in [0.29, 0.717) is 5.56 Å². The van der Waals surface area contributed by atoms with Gasteiger partial charge < -0.3 is 23.7 Å². The van der Waals surface area contributed by atoms with Gasteiger partial charge in [-0.3, -0.25) is 9.59 Å². The van der Waals surface area contributed by atoms with E-state index >= 15 is 0 Å². The van der Waals surface area contributed by atoms with Crippen molar-refractivity contribution in [1.82, 2.24) is 0 Å². The van der Waals surface area contributed by atoms with Crippen LogP contribution in [0.3, 0.4) is 0 Å². The van der Waals surface area contributed by atoms with Gasteiger partial charge in [0.05, 0.1) is 17.5 Å². The molecule has 0 aliphatic rings. The molecule has 0 saturated carbocycles. The third-order valence-electron chi connectivity index (χ3n) is 4.37. The molecule has 176 valence electrons. The summed E-state index contributed by atoms with van der Waals surface area (Å²) < 4.78 is 26.4. The Hall–Kier alpha value is -3.72. The number of carbonyl (C=O) groups excluding carboxylic acids is 4. The normalized spacial score (nSPS) is 13.2. The van der Waals surface area contributed by atoms with Gasteiger partial charge in [0.2, 0.25) is 6.29 Å². The average molecular weight is 458 g/mol. The maximum absolute atomic E-state index is 12.7. The summed E-state index contributed by atoms with van der Waals surface area (Å²) in [6.45, 7) is 1.96. The Morgan fingerprint density at radius 2 is 1.21 bits per heavy atom. The minimum Gasteiger partial charge on any atom is -0.458 e. The molecule has 33 heavy (non-hydrogen) atoms. The van der Waals surface area contributed by atoms with Gasteiger partial charge in [0.1, 0.15) is 12.7 Å². The number of benzene rings is 2. The Morgan fingerprint density at radius 3 is 1.70 bits per heavy atom. The first-order chi connectivity index (χ1) is 15.8. The molecule has 0 saturated heterocycles. The lowest BCUT2D eigenvalue weighted by molar-refractivity contribution is -0.184. The van der Waals surface area contributed by atoms with E-state index in [1.807, 2.05) is 0 Å². The Labute approximate surface area is 191 Å². The minimum absolute atomic E-state index is 0.171. The zero-order chi connectivity index (χ0) is 24.2. The molecule has 0 fully saturated rings. The lowest BCUT2D eigenvalue weighted by Gasteiger charge is -2.28. The number of methoxy groups -OCH3 is 1. The molecule has 1 unspecified atom stereocenters. The highest BCUT2D eigenvalue weighted by molar-refractivity contribution is 5.90. The van der Waals surface area contributed by atoms with Crippen LogP contribution in [0.4, 0.5) is 0 Å². The lowest BCUT2D eigenvalue weighted by Crippen LogP contribution is -2.42. The summed E-state index contributed by atoms with van der Waals surface area (Å²) in [6.07, 6.45) is -3.61. The summed E-state index contributed by atoms with van der Waals surface area (Å²) in [4.78, 5) is 48.2. The first-order valence-corrected chi connectivity index (χ1v) is 10.2. The van der Waals surface area contributed by atoms with Gasteiger partial charge in [0.15, 0.2) is 6.10 Å². The van der Waals surface area contributed by atoms with Gasteiger partial charge in [-0.05, 0) is 24.3 Å². The molecule has 0 spiro atoms. The average Bonchev–Trinajstić information content (AvgIpc) is 2.81. The fraction of sp³-hybridized carbons (Fsp3) is 0.333. The molecular weight excluding hydrogens is 432 g/mol. The van der Waals surface area contributed by atoms with Crippen LogP contribution in [-0.4, -0.2) is 56.1 Å². The van der Waals surface area contributed by atoms with E-state index in [0.717, 1.165) is 0 Å². The first-order valence-electron chi connectivity index (χ1n) is 10.2. The predicted molar refractivity (Wildman–Crippen MR) is 115 cm³/mol. The van der Waals surface area contributed by atoms with Crippen LogP contribution in [-0.2, 0) is 33.3 Å². The fourth-order valence-electron chi connectivity index (χ4n) is 2.87. The molecule has 9 nitrogen and oxygen atoms in total. The predicted octanol–water partition coefficient (Wildman–Crippen LogP) is 2.93. The Balaban J connectivity index is 2.24. The first kappa shape index (κ1) is 25.5. The molecule has 0 aliphatic heterocycles. The van der Waals surface area contributed by atoms with Crippen LogP contribution < -0.4 is 0 Å². The number of hydrogen-bond donors (Lipinski definition) is 0. The number of carbonyl (C=O) groups is 4. The highest BCUT2D eigenvalue weighted by Crippen LogP contribution is 2.18. The smallest absolute Gasteiger partial charge is 0.338 e. The van der Waals surface area contributed by atoms with E-state index in [4.69, 9.17) is 23.7 Å². The second-order valence-corrected chi connectivity index (χ2v) is 6.93. The molecule has 3 atom stereocenters. The van der Waals surface area contributed by atoms with Gasteiger partial charge >= 0.3 is 23.9 Å². The molecule has 0 heterocycles. The molecule has 2 rings (SSSR count). The third-order valence-corrected chi connectivity index (χ3v) is 4.37. The van der Waals surface area contributed by atoms with Crippen molar-refractivity contribution < 1.29 is 42.9 Å². The lowest BCUT2D eigenvalue weighted by atomic mass is 10.1. The SMILES string of the molecule is COC(C[C@@H](OC(=O)c1ccccc1)[C@H](COC(=O)c1ccccc1)OC(C)=O)OC(C)=O. The van der Waals surface area contributed by atoms with Crippen molar-refractivity contribution in [3.05, 3.63) is 71.8 Å². The van der Waals surface area contributed by atoms with Crippen molar-refractivity contribution in [3.8, 4) is 0 Å². The molecule has 9 heteroatoms. The van der Waals surface area contributed by atoms with E-state index < -0.39 is 49.0 Å². The summed E-state index contributed by atoms with van der Waals surface area (Å²) in [5.41, 5.74) is 0.554. The van der Waals surface area contributed by atoms with Crippen LogP contribution in [0.1, 0.15) is 41.0 Å². The topological polar surface area (TPSA) is 114 Å². The van der Waals surface area contributed by atoms with E-state index in [2.05, 4.69) is 0 Å². The molecule has 0 radical (unpaired) electrons. The van der Waals surface area contributed by atoms with Crippen molar-refractivity contribution in [2.75, 3.05) is 13.7 Å². The molecule has 0 aromatic heterocycles. The van der Waals surface area contributed by atoms with Gasteiger partial charge in [-0.25, -0.2) is 9.59 Å². The van der Waals surface area contributed by atoms with Gasteiger partial charge in [-0.15, -0.1) is 0 Å². The van der Waals surface area contributed by atoms with Crippen LogP contribution in [0.15, 0.2) is 60.7 Å². The van der Waals surface area contributed by atoms with Crippen molar-refractivity contribution >= 4 is 23.9 Å². The van der Waals surface area contributed by atoms with Crippen LogP contribution in [0.5, 0.6) is 0 Å². The minimum atomic E-state index is -1.18.